The molecule has 0 aromatic heterocycles. The van der Waals surface area contributed by atoms with E-state index in [0.29, 0.717) is 6.42 Å². The Morgan fingerprint density at radius 2 is 2.33 bits per heavy atom. The van der Waals surface area contributed by atoms with Gasteiger partial charge in [-0.25, -0.2) is 4.39 Å². The average Bonchev–Trinajstić information content (AvgIpc) is 2.25. The van der Waals surface area contributed by atoms with Crippen LogP contribution in [0.4, 0.5) is 4.39 Å². The van der Waals surface area contributed by atoms with E-state index < -0.39 is 5.82 Å². The molecule has 0 spiro atoms. The second-order valence-electron chi connectivity index (χ2n) is 3.23. The highest BCUT2D eigenvalue weighted by molar-refractivity contribution is 6.31. The number of nitrogens with one attached hydrogen (secondary N) is 1. The average molecular weight is 226 g/mol. The van der Waals surface area contributed by atoms with Gasteiger partial charge in [-0.1, -0.05) is 23.7 Å². The van der Waals surface area contributed by atoms with Gasteiger partial charge in [-0.3, -0.25) is 0 Å². The second-order valence-corrected chi connectivity index (χ2v) is 3.61. The molecule has 15 heavy (non-hydrogen) atoms. The molecule has 0 radical (unpaired) electrons. The number of benzene rings is 1. The molecule has 1 N–H and O–H groups in total. The summed E-state index contributed by atoms with van der Waals surface area (Å²) in [4.78, 5) is 0. The van der Waals surface area contributed by atoms with Crippen molar-refractivity contribution in [1.29, 1.82) is 0 Å². The summed E-state index contributed by atoms with van der Waals surface area (Å²) < 4.78 is 13.2. The molecule has 1 unspecified atom stereocenters. The van der Waals surface area contributed by atoms with E-state index in [0.717, 1.165) is 12.0 Å². The number of rotatable bonds is 4. The topological polar surface area (TPSA) is 12.0 Å². The molecule has 1 nitrogen and oxygen atoms in total. The third-order valence-electron chi connectivity index (χ3n) is 2.28. The Balaban J connectivity index is 2.92. The molecular weight excluding hydrogens is 213 g/mol. The highest BCUT2D eigenvalue weighted by Crippen LogP contribution is 2.27. The van der Waals surface area contributed by atoms with E-state index in [4.69, 9.17) is 18.0 Å². The Morgan fingerprint density at radius 1 is 1.60 bits per heavy atom. The van der Waals surface area contributed by atoms with Crippen molar-refractivity contribution >= 4 is 11.6 Å². The lowest BCUT2D eigenvalue weighted by atomic mass is 10.0. The van der Waals surface area contributed by atoms with E-state index in [9.17, 15) is 4.39 Å². The van der Waals surface area contributed by atoms with Crippen molar-refractivity contribution in [2.45, 2.75) is 18.9 Å². The summed E-state index contributed by atoms with van der Waals surface area (Å²) in [6, 6.07) is 4.81. The number of halogens is 2. The third kappa shape index (κ3) is 2.95. The number of hydrogen-bond donors (Lipinski definition) is 1. The first-order valence-electron chi connectivity index (χ1n) is 4.75. The molecule has 80 valence electrons. The van der Waals surface area contributed by atoms with Crippen molar-refractivity contribution in [3.63, 3.8) is 0 Å². The first kappa shape index (κ1) is 12.0. The molecule has 0 aliphatic heterocycles. The molecule has 1 aromatic carbocycles. The van der Waals surface area contributed by atoms with Crippen molar-refractivity contribution < 1.29 is 4.39 Å². The number of hydrogen-bond acceptors (Lipinski definition) is 1. The van der Waals surface area contributed by atoms with E-state index in [1.807, 2.05) is 13.1 Å². The van der Waals surface area contributed by atoms with Gasteiger partial charge in [0.05, 0.1) is 5.02 Å². The summed E-state index contributed by atoms with van der Waals surface area (Å²) in [7, 11) is 1.81. The molecule has 0 aliphatic rings. The van der Waals surface area contributed by atoms with Crippen molar-refractivity contribution in [2.24, 2.45) is 0 Å². The monoisotopic (exact) mass is 225 g/mol. The normalized spacial score (nSPS) is 12.1. The lowest BCUT2D eigenvalue weighted by Gasteiger charge is -2.16. The highest BCUT2D eigenvalue weighted by atomic mass is 35.5. The third-order valence-corrected chi connectivity index (χ3v) is 2.68. The van der Waals surface area contributed by atoms with Gasteiger partial charge in [-0.05, 0) is 25.1 Å². The summed E-state index contributed by atoms with van der Waals surface area (Å²) >= 11 is 5.88. The summed E-state index contributed by atoms with van der Waals surface area (Å²) in [5, 5.41) is 3.25. The van der Waals surface area contributed by atoms with Crippen LogP contribution in [0.15, 0.2) is 18.2 Å². The van der Waals surface area contributed by atoms with E-state index in [2.05, 4.69) is 11.2 Å². The molecule has 3 heteroatoms. The lowest BCUT2D eigenvalue weighted by Crippen LogP contribution is -2.16. The van der Waals surface area contributed by atoms with Crippen molar-refractivity contribution in [3.05, 3.63) is 34.6 Å². The predicted octanol–water partition coefficient (Wildman–Crippen LogP) is 3.15. The summed E-state index contributed by atoms with van der Waals surface area (Å²) in [5.41, 5.74) is 0.759. The SMILES string of the molecule is C#CCCC(NC)c1cccc(F)c1Cl. The predicted molar refractivity (Wildman–Crippen MR) is 61.3 cm³/mol. The standard InChI is InChI=1S/C12H13ClFN/c1-3-4-8-11(15-2)9-6-5-7-10(14)12(9)13/h1,5-7,11,15H,4,8H2,2H3. The van der Waals surface area contributed by atoms with E-state index in [-0.39, 0.29) is 11.1 Å². The van der Waals surface area contributed by atoms with Gasteiger partial charge in [0.2, 0.25) is 0 Å². The maximum absolute atomic E-state index is 13.2. The quantitative estimate of drug-likeness (QED) is 0.777. The molecule has 1 atom stereocenters. The van der Waals surface area contributed by atoms with Gasteiger partial charge in [-0.15, -0.1) is 12.3 Å². The molecule has 0 bridgehead atoms. The van der Waals surface area contributed by atoms with Gasteiger partial charge in [0, 0.05) is 12.5 Å². The van der Waals surface area contributed by atoms with Gasteiger partial charge in [0.25, 0.3) is 0 Å². The number of terminal acetylenes is 1. The maximum atomic E-state index is 13.2. The van der Waals surface area contributed by atoms with Gasteiger partial charge in [-0.2, -0.15) is 0 Å². The van der Waals surface area contributed by atoms with E-state index >= 15 is 0 Å². The minimum absolute atomic E-state index is 0.00394. The smallest absolute Gasteiger partial charge is 0.142 e. The molecule has 0 amide bonds. The Bertz CT molecular complexity index is 370. The minimum atomic E-state index is -0.393. The van der Waals surface area contributed by atoms with Crippen LogP contribution in [0.5, 0.6) is 0 Å². The van der Waals surface area contributed by atoms with Crippen LogP contribution in [0.2, 0.25) is 5.02 Å². The van der Waals surface area contributed by atoms with Crippen LogP contribution in [0, 0.1) is 18.2 Å². The molecule has 0 heterocycles. The zero-order chi connectivity index (χ0) is 11.3. The fourth-order valence-electron chi connectivity index (χ4n) is 1.47. The summed E-state index contributed by atoms with van der Waals surface area (Å²) in [6.07, 6.45) is 6.58. The van der Waals surface area contributed by atoms with Crippen molar-refractivity contribution in [3.8, 4) is 12.3 Å². The van der Waals surface area contributed by atoms with Gasteiger partial charge < -0.3 is 5.32 Å². The van der Waals surface area contributed by atoms with Crippen LogP contribution in [0.1, 0.15) is 24.4 Å². The molecular formula is C12H13ClFN. The van der Waals surface area contributed by atoms with Crippen LogP contribution in [0.3, 0.4) is 0 Å². The van der Waals surface area contributed by atoms with Gasteiger partial charge >= 0.3 is 0 Å². The van der Waals surface area contributed by atoms with Crippen LogP contribution < -0.4 is 5.32 Å². The fourth-order valence-corrected chi connectivity index (χ4v) is 1.73. The van der Waals surface area contributed by atoms with Crippen LogP contribution >= 0.6 is 11.6 Å². The zero-order valence-electron chi connectivity index (χ0n) is 8.56. The molecule has 1 aromatic rings. The van der Waals surface area contributed by atoms with Crippen molar-refractivity contribution in [1.82, 2.24) is 5.32 Å². The van der Waals surface area contributed by atoms with Crippen LogP contribution in [-0.4, -0.2) is 7.05 Å². The lowest BCUT2D eigenvalue weighted by molar-refractivity contribution is 0.550. The fraction of sp³-hybridized carbons (Fsp3) is 0.333. The Morgan fingerprint density at radius 3 is 2.93 bits per heavy atom. The highest BCUT2D eigenvalue weighted by Gasteiger charge is 2.14. The Kier molecular flexibility index (Phi) is 4.61. The van der Waals surface area contributed by atoms with Crippen LogP contribution in [0.25, 0.3) is 0 Å². The van der Waals surface area contributed by atoms with Gasteiger partial charge in [0.1, 0.15) is 5.82 Å². The molecule has 0 saturated heterocycles. The Hall–Kier alpha value is -1.04. The maximum Gasteiger partial charge on any atom is 0.142 e. The zero-order valence-corrected chi connectivity index (χ0v) is 9.31. The largest absolute Gasteiger partial charge is 0.313 e. The van der Waals surface area contributed by atoms with E-state index in [1.54, 1.807) is 6.07 Å². The molecule has 0 saturated carbocycles. The van der Waals surface area contributed by atoms with Crippen LogP contribution in [-0.2, 0) is 0 Å². The second kappa shape index (κ2) is 5.75. The molecule has 0 fully saturated rings. The van der Waals surface area contributed by atoms with Gasteiger partial charge in [0.15, 0.2) is 0 Å². The first-order chi connectivity index (χ1) is 7.20. The molecule has 1 rings (SSSR count). The van der Waals surface area contributed by atoms with E-state index in [1.165, 1.54) is 6.07 Å². The van der Waals surface area contributed by atoms with Crippen molar-refractivity contribution in [2.75, 3.05) is 7.05 Å². The summed E-state index contributed by atoms with van der Waals surface area (Å²) in [5.74, 6) is 2.17. The first-order valence-corrected chi connectivity index (χ1v) is 5.13. The minimum Gasteiger partial charge on any atom is -0.313 e. The Labute approximate surface area is 94.6 Å². The molecule has 0 aliphatic carbocycles. The summed E-state index contributed by atoms with van der Waals surface area (Å²) in [6.45, 7) is 0.